The summed E-state index contributed by atoms with van der Waals surface area (Å²) in [7, 11) is 0. The lowest BCUT2D eigenvalue weighted by atomic mass is 9.90. The molecule has 24 heavy (non-hydrogen) atoms. The first-order valence-corrected chi connectivity index (χ1v) is 9.19. The highest BCUT2D eigenvalue weighted by molar-refractivity contribution is 7.13. The van der Waals surface area contributed by atoms with Crippen molar-refractivity contribution in [1.82, 2.24) is 10.2 Å². The van der Waals surface area contributed by atoms with Crippen molar-refractivity contribution in [3.63, 3.8) is 0 Å². The van der Waals surface area contributed by atoms with Gasteiger partial charge < -0.3 is 0 Å². The third-order valence-electron chi connectivity index (χ3n) is 4.81. The molecule has 0 radical (unpaired) electrons. The van der Waals surface area contributed by atoms with Gasteiger partial charge in [-0.1, -0.05) is 23.5 Å². The van der Waals surface area contributed by atoms with E-state index >= 15 is 0 Å². The molecule has 0 bridgehead atoms. The molecule has 0 unspecified atom stereocenters. The van der Waals surface area contributed by atoms with Crippen LogP contribution in [0.1, 0.15) is 27.5 Å². The fourth-order valence-corrected chi connectivity index (χ4v) is 5.35. The zero-order chi connectivity index (χ0) is 16.3. The number of amides is 1. The van der Waals surface area contributed by atoms with E-state index in [1.165, 1.54) is 11.3 Å². The van der Waals surface area contributed by atoms with Crippen LogP contribution in [0.5, 0.6) is 0 Å². The molecule has 3 heterocycles. The van der Waals surface area contributed by atoms with Crippen molar-refractivity contribution in [1.29, 1.82) is 5.26 Å². The van der Waals surface area contributed by atoms with Gasteiger partial charge in [-0.15, -0.1) is 21.5 Å². The molecule has 2 aromatic heterocycles. The van der Waals surface area contributed by atoms with Gasteiger partial charge in [0.2, 0.25) is 5.13 Å². The lowest BCUT2D eigenvalue weighted by molar-refractivity contribution is -0.111. The number of rotatable bonds is 2. The minimum atomic E-state index is -0.610. The van der Waals surface area contributed by atoms with Crippen LogP contribution in [0.4, 0.5) is 5.13 Å². The van der Waals surface area contributed by atoms with Gasteiger partial charge in [-0.25, -0.2) is 0 Å². The number of carbonyl (C=O) groups is 1. The van der Waals surface area contributed by atoms with E-state index in [0.717, 1.165) is 16.0 Å². The van der Waals surface area contributed by atoms with Crippen molar-refractivity contribution < 1.29 is 4.79 Å². The van der Waals surface area contributed by atoms with Crippen molar-refractivity contribution in [3.8, 4) is 6.07 Å². The molecule has 2 aliphatic rings. The number of benzene rings is 1. The maximum absolute atomic E-state index is 12.9. The van der Waals surface area contributed by atoms with Crippen LogP contribution in [0.25, 0.3) is 0 Å². The quantitative estimate of drug-likeness (QED) is 0.666. The zero-order valence-corrected chi connectivity index (χ0v) is 14.0. The molecule has 0 N–H and O–H groups in total. The second-order valence-electron chi connectivity index (χ2n) is 5.94. The molecule has 5 nitrogen and oxygen atoms in total. The Morgan fingerprint density at radius 2 is 2.25 bits per heavy atom. The van der Waals surface area contributed by atoms with Crippen LogP contribution in [0.15, 0.2) is 41.2 Å². The average molecular weight is 350 g/mol. The van der Waals surface area contributed by atoms with Gasteiger partial charge >= 0.3 is 0 Å². The third kappa shape index (κ3) is 1.64. The Morgan fingerprint density at radius 3 is 2.96 bits per heavy atom. The Hall–Kier alpha value is -2.56. The lowest BCUT2D eigenvalue weighted by Crippen LogP contribution is -2.25. The summed E-state index contributed by atoms with van der Waals surface area (Å²) in [6, 6.07) is 12.0. The van der Waals surface area contributed by atoms with E-state index in [1.54, 1.807) is 21.7 Å². The Labute approximate surface area is 145 Å². The second kappa shape index (κ2) is 4.72. The first-order valence-electron chi connectivity index (χ1n) is 7.43. The summed E-state index contributed by atoms with van der Waals surface area (Å²) < 4.78 is 0. The molecule has 7 heteroatoms. The average Bonchev–Trinajstić information content (AvgIpc) is 3.15. The molecule has 1 fully saturated rings. The van der Waals surface area contributed by atoms with E-state index in [-0.39, 0.29) is 11.8 Å². The van der Waals surface area contributed by atoms with E-state index in [4.69, 9.17) is 0 Å². The topological polar surface area (TPSA) is 69.7 Å². The molecule has 0 saturated carbocycles. The van der Waals surface area contributed by atoms with Gasteiger partial charge in [0.15, 0.2) is 0 Å². The zero-order valence-electron chi connectivity index (χ0n) is 12.3. The van der Waals surface area contributed by atoms with Crippen LogP contribution in [0.3, 0.4) is 0 Å². The van der Waals surface area contributed by atoms with Gasteiger partial charge in [0.1, 0.15) is 11.0 Å². The van der Waals surface area contributed by atoms with E-state index < -0.39 is 5.54 Å². The highest BCUT2D eigenvalue weighted by atomic mass is 32.1. The maximum atomic E-state index is 12.9. The summed E-state index contributed by atoms with van der Waals surface area (Å²) in [5.74, 6) is 0.0320. The van der Waals surface area contributed by atoms with Gasteiger partial charge in [0.25, 0.3) is 5.91 Å². The lowest BCUT2D eigenvalue weighted by Gasteiger charge is -2.17. The van der Waals surface area contributed by atoms with Crippen LogP contribution in [-0.2, 0) is 11.2 Å². The van der Waals surface area contributed by atoms with Gasteiger partial charge in [-0.2, -0.15) is 5.26 Å². The molecule has 1 aromatic carbocycles. The summed E-state index contributed by atoms with van der Waals surface area (Å²) in [6.45, 7) is 0. The summed E-state index contributed by atoms with van der Waals surface area (Å²) >= 11 is 3.02. The van der Waals surface area contributed by atoms with Crippen LogP contribution in [0, 0.1) is 11.3 Å². The second-order valence-corrected chi connectivity index (χ2v) is 7.73. The number of hydrogen-bond donors (Lipinski definition) is 0. The van der Waals surface area contributed by atoms with Crippen molar-refractivity contribution in [2.24, 2.45) is 0 Å². The molecular formula is C17H10N4OS2. The SMILES string of the molecule is N#Cc1ccc2c(c1)[C@@H](c1cccs1)[C@@]1(C2)C(=O)N1c1nncs1. The Kier molecular flexibility index (Phi) is 2.72. The predicted molar refractivity (Wildman–Crippen MR) is 91.1 cm³/mol. The Balaban J connectivity index is 1.70. The number of fused-ring (bicyclic) bond motifs is 1. The molecule has 3 aromatic rings. The highest BCUT2D eigenvalue weighted by Crippen LogP contribution is 2.59. The first-order chi connectivity index (χ1) is 11.8. The molecule has 1 amide bonds. The molecule has 1 aliphatic carbocycles. The fourth-order valence-electron chi connectivity index (χ4n) is 3.79. The first kappa shape index (κ1) is 13.8. The molecule has 1 aliphatic heterocycles. The third-order valence-corrected chi connectivity index (χ3v) is 6.43. The standard InChI is InChI=1S/C17H10N4OS2/c18-8-10-3-4-11-7-17(15(22)21(17)16-20-19-9-24-16)14(12(11)6-10)13-2-1-5-23-13/h1-6,9,14H,7H2/t14-,17-,21?/m0/s1. The van der Waals surface area contributed by atoms with Crippen molar-refractivity contribution in [2.75, 3.05) is 4.90 Å². The number of nitrogens with zero attached hydrogens (tertiary/aromatic N) is 4. The van der Waals surface area contributed by atoms with Crippen molar-refractivity contribution in [3.05, 3.63) is 62.8 Å². The molecule has 2 atom stereocenters. The maximum Gasteiger partial charge on any atom is 0.257 e. The van der Waals surface area contributed by atoms with Crippen LogP contribution >= 0.6 is 22.7 Å². The number of aromatic nitrogens is 2. The largest absolute Gasteiger partial charge is 0.272 e. The highest BCUT2D eigenvalue weighted by Gasteiger charge is 2.72. The predicted octanol–water partition coefficient (Wildman–Crippen LogP) is 2.94. The Morgan fingerprint density at radius 1 is 1.33 bits per heavy atom. The van der Waals surface area contributed by atoms with Gasteiger partial charge in [0.05, 0.1) is 17.6 Å². The number of thiophene rings is 1. The van der Waals surface area contributed by atoms with Gasteiger partial charge in [-0.05, 0) is 34.7 Å². The minimum absolute atomic E-state index is 0.0581. The normalized spacial score (nSPS) is 24.2. The Bertz CT molecular complexity index is 990. The fraction of sp³-hybridized carbons (Fsp3) is 0.176. The number of carbonyl (C=O) groups excluding carboxylic acids is 1. The molecule has 5 rings (SSSR count). The monoisotopic (exact) mass is 350 g/mol. The number of anilines is 1. The summed E-state index contributed by atoms with van der Waals surface area (Å²) in [6.07, 6.45) is 0.648. The van der Waals surface area contributed by atoms with E-state index in [1.807, 2.05) is 29.6 Å². The number of hydrogen-bond acceptors (Lipinski definition) is 6. The number of nitriles is 1. The summed E-state index contributed by atoms with van der Waals surface area (Å²) in [4.78, 5) is 15.8. The van der Waals surface area contributed by atoms with Crippen molar-refractivity contribution in [2.45, 2.75) is 17.9 Å². The minimum Gasteiger partial charge on any atom is -0.272 e. The van der Waals surface area contributed by atoms with Crippen LogP contribution < -0.4 is 4.90 Å². The van der Waals surface area contributed by atoms with Crippen molar-refractivity contribution >= 4 is 33.7 Å². The molecule has 116 valence electrons. The van der Waals surface area contributed by atoms with E-state index in [2.05, 4.69) is 22.3 Å². The van der Waals surface area contributed by atoms with Crippen LogP contribution in [-0.4, -0.2) is 21.6 Å². The molecule has 1 saturated heterocycles. The van der Waals surface area contributed by atoms with Gasteiger partial charge in [-0.3, -0.25) is 9.69 Å². The van der Waals surface area contributed by atoms with E-state index in [0.29, 0.717) is 17.1 Å². The molecule has 1 spiro atoms. The molecular weight excluding hydrogens is 340 g/mol. The summed E-state index contributed by atoms with van der Waals surface area (Å²) in [5, 5.41) is 19.9. The van der Waals surface area contributed by atoms with Gasteiger partial charge in [0, 0.05) is 11.3 Å². The smallest absolute Gasteiger partial charge is 0.257 e. The van der Waals surface area contributed by atoms with E-state index in [9.17, 15) is 10.1 Å². The van der Waals surface area contributed by atoms with Crippen LogP contribution in [0.2, 0.25) is 0 Å². The summed E-state index contributed by atoms with van der Waals surface area (Å²) in [5.41, 5.74) is 3.87.